The first kappa shape index (κ1) is 16.4. The van der Waals surface area contributed by atoms with Crippen molar-refractivity contribution < 1.29 is 9.18 Å². The molecule has 0 unspecified atom stereocenters. The Hall–Kier alpha value is -2.47. The molecular formula is C18H20FN3O2. The van der Waals surface area contributed by atoms with Crippen molar-refractivity contribution in [2.45, 2.75) is 13.5 Å². The summed E-state index contributed by atoms with van der Waals surface area (Å²) in [5.41, 5.74) is 0.813. The number of aromatic nitrogens is 1. The quantitative estimate of drug-likeness (QED) is 0.899. The van der Waals surface area contributed by atoms with E-state index >= 15 is 0 Å². The van der Waals surface area contributed by atoms with Crippen LogP contribution >= 0.6 is 0 Å². The lowest BCUT2D eigenvalue weighted by Crippen LogP contribution is -2.32. The number of hydrogen-bond donors (Lipinski definition) is 2. The number of pyridine rings is 1. The Labute approximate surface area is 139 Å². The van der Waals surface area contributed by atoms with E-state index in [4.69, 9.17) is 0 Å². The molecular weight excluding hydrogens is 309 g/mol. The van der Waals surface area contributed by atoms with E-state index in [1.807, 2.05) is 6.92 Å². The van der Waals surface area contributed by atoms with Crippen LogP contribution in [0.2, 0.25) is 0 Å². The average Bonchev–Trinajstić information content (AvgIpc) is 2.99. The minimum absolute atomic E-state index is 0.129. The third-order valence-electron chi connectivity index (χ3n) is 4.40. The van der Waals surface area contributed by atoms with Gasteiger partial charge in [-0.2, -0.15) is 0 Å². The zero-order valence-corrected chi connectivity index (χ0v) is 13.5. The molecule has 1 aliphatic heterocycles. The van der Waals surface area contributed by atoms with Crippen molar-refractivity contribution >= 4 is 11.6 Å². The third-order valence-corrected chi connectivity index (χ3v) is 4.40. The van der Waals surface area contributed by atoms with E-state index in [9.17, 15) is 14.0 Å². The lowest BCUT2D eigenvalue weighted by Gasteiger charge is -2.15. The van der Waals surface area contributed by atoms with Crippen LogP contribution in [-0.4, -0.2) is 23.6 Å². The fraction of sp³-hybridized carbons (Fsp3) is 0.333. The summed E-state index contributed by atoms with van der Waals surface area (Å²) in [5.74, 6) is -0.333. The number of benzene rings is 1. The molecule has 2 N–H and O–H groups in total. The SMILES string of the molecule is C[C@@H]1CNC[C@H]1C(=O)Nc1cccn(Cc2ccc(F)cc2)c1=O. The molecule has 2 heterocycles. The van der Waals surface area contributed by atoms with Crippen LogP contribution in [0, 0.1) is 17.7 Å². The highest BCUT2D eigenvalue weighted by Crippen LogP contribution is 2.17. The molecule has 24 heavy (non-hydrogen) atoms. The second kappa shape index (κ2) is 6.97. The van der Waals surface area contributed by atoms with Crippen LogP contribution in [0.25, 0.3) is 0 Å². The van der Waals surface area contributed by atoms with Crippen LogP contribution in [0.4, 0.5) is 10.1 Å². The minimum atomic E-state index is -0.314. The first-order valence-electron chi connectivity index (χ1n) is 8.00. The van der Waals surface area contributed by atoms with E-state index in [-0.39, 0.29) is 34.8 Å². The van der Waals surface area contributed by atoms with Crippen LogP contribution in [0.1, 0.15) is 12.5 Å². The number of amides is 1. The number of anilines is 1. The third kappa shape index (κ3) is 3.54. The van der Waals surface area contributed by atoms with Crippen LogP contribution in [0.5, 0.6) is 0 Å². The average molecular weight is 329 g/mol. The summed E-state index contributed by atoms with van der Waals surface area (Å²) in [7, 11) is 0. The predicted octanol–water partition coefficient (Wildman–Crippen LogP) is 1.83. The number of nitrogens with one attached hydrogen (secondary N) is 2. The number of hydrogen-bond acceptors (Lipinski definition) is 3. The molecule has 1 aromatic carbocycles. The van der Waals surface area contributed by atoms with E-state index in [1.165, 1.54) is 16.7 Å². The van der Waals surface area contributed by atoms with E-state index in [1.54, 1.807) is 30.5 Å². The Morgan fingerprint density at radius 2 is 2.04 bits per heavy atom. The Balaban J connectivity index is 1.77. The summed E-state index contributed by atoms with van der Waals surface area (Å²) in [5, 5.41) is 5.92. The topological polar surface area (TPSA) is 63.1 Å². The molecule has 0 spiro atoms. The monoisotopic (exact) mass is 329 g/mol. The first-order chi connectivity index (χ1) is 11.5. The van der Waals surface area contributed by atoms with Gasteiger partial charge in [0.25, 0.3) is 5.56 Å². The van der Waals surface area contributed by atoms with Crippen molar-refractivity contribution in [3.63, 3.8) is 0 Å². The minimum Gasteiger partial charge on any atom is -0.321 e. The van der Waals surface area contributed by atoms with Crippen LogP contribution in [0.3, 0.4) is 0 Å². The van der Waals surface area contributed by atoms with E-state index in [0.29, 0.717) is 13.1 Å². The molecule has 1 saturated heterocycles. The maximum atomic E-state index is 13.0. The van der Waals surface area contributed by atoms with Gasteiger partial charge in [-0.3, -0.25) is 9.59 Å². The van der Waals surface area contributed by atoms with Gasteiger partial charge >= 0.3 is 0 Å². The highest BCUT2D eigenvalue weighted by Gasteiger charge is 2.29. The predicted molar refractivity (Wildman–Crippen MR) is 90.4 cm³/mol. The van der Waals surface area contributed by atoms with Gasteiger partial charge in [0.15, 0.2) is 0 Å². The van der Waals surface area contributed by atoms with Gasteiger partial charge in [0, 0.05) is 12.7 Å². The van der Waals surface area contributed by atoms with Crippen molar-refractivity contribution in [2.75, 3.05) is 18.4 Å². The van der Waals surface area contributed by atoms with Gasteiger partial charge in [0.2, 0.25) is 5.91 Å². The second-order valence-corrected chi connectivity index (χ2v) is 6.21. The molecule has 1 aromatic heterocycles. The maximum Gasteiger partial charge on any atom is 0.274 e. The summed E-state index contributed by atoms with van der Waals surface area (Å²) in [6.45, 7) is 3.78. The highest BCUT2D eigenvalue weighted by molar-refractivity contribution is 5.92. The molecule has 1 aliphatic rings. The zero-order chi connectivity index (χ0) is 17.1. The van der Waals surface area contributed by atoms with Crippen molar-refractivity contribution in [1.29, 1.82) is 0 Å². The van der Waals surface area contributed by atoms with Crippen LogP contribution in [0.15, 0.2) is 47.4 Å². The Morgan fingerprint density at radius 1 is 1.29 bits per heavy atom. The molecule has 1 amide bonds. The number of halogens is 1. The molecule has 6 heteroatoms. The summed E-state index contributed by atoms with van der Waals surface area (Å²) in [4.78, 5) is 24.9. The summed E-state index contributed by atoms with van der Waals surface area (Å²) >= 11 is 0. The summed E-state index contributed by atoms with van der Waals surface area (Å²) < 4.78 is 14.5. The molecule has 0 aliphatic carbocycles. The number of carbonyl (C=O) groups is 1. The number of rotatable bonds is 4. The lowest BCUT2D eigenvalue weighted by molar-refractivity contribution is -0.120. The molecule has 0 radical (unpaired) electrons. The molecule has 1 fully saturated rings. The summed E-state index contributed by atoms with van der Waals surface area (Å²) in [6, 6.07) is 9.32. The molecule has 0 saturated carbocycles. The second-order valence-electron chi connectivity index (χ2n) is 6.21. The smallest absolute Gasteiger partial charge is 0.274 e. The Morgan fingerprint density at radius 3 is 2.71 bits per heavy atom. The molecule has 3 rings (SSSR count). The van der Waals surface area contributed by atoms with Gasteiger partial charge in [-0.25, -0.2) is 4.39 Å². The van der Waals surface area contributed by atoms with Crippen LogP contribution in [-0.2, 0) is 11.3 Å². The number of carbonyl (C=O) groups excluding carboxylic acids is 1. The number of nitrogens with zero attached hydrogens (tertiary/aromatic N) is 1. The first-order valence-corrected chi connectivity index (χ1v) is 8.00. The van der Waals surface area contributed by atoms with Crippen molar-refractivity contribution in [1.82, 2.24) is 9.88 Å². The van der Waals surface area contributed by atoms with E-state index in [0.717, 1.165) is 12.1 Å². The molecule has 2 aromatic rings. The Bertz CT molecular complexity index is 786. The highest BCUT2D eigenvalue weighted by atomic mass is 19.1. The Kier molecular flexibility index (Phi) is 4.76. The molecule has 126 valence electrons. The largest absolute Gasteiger partial charge is 0.321 e. The molecule has 0 bridgehead atoms. The molecule has 2 atom stereocenters. The normalized spacial score (nSPS) is 20.1. The van der Waals surface area contributed by atoms with Gasteiger partial charge in [0.1, 0.15) is 11.5 Å². The van der Waals surface area contributed by atoms with E-state index in [2.05, 4.69) is 10.6 Å². The standard InChI is InChI=1S/C18H20FN3O2/c1-12-9-20-10-15(12)17(23)21-16-3-2-8-22(18(16)24)11-13-4-6-14(19)7-5-13/h2-8,12,15,20H,9-11H2,1H3,(H,21,23)/t12-,15-/m1/s1. The summed E-state index contributed by atoms with van der Waals surface area (Å²) in [6.07, 6.45) is 1.65. The fourth-order valence-electron chi connectivity index (χ4n) is 2.93. The van der Waals surface area contributed by atoms with Crippen molar-refractivity contribution in [3.05, 3.63) is 64.3 Å². The van der Waals surface area contributed by atoms with Crippen molar-refractivity contribution in [3.8, 4) is 0 Å². The van der Waals surface area contributed by atoms with Crippen LogP contribution < -0.4 is 16.2 Å². The van der Waals surface area contributed by atoms with Crippen molar-refractivity contribution in [2.24, 2.45) is 11.8 Å². The maximum absolute atomic E-state index is 13.0. The van der Waals surface area contributed by atoms with E-state index < -0.39 is 0 Å². The fourth-order valence-corrected chi connectivity index (χ4v) is 2.93. The zero-order valence-electron chi connectivity index (χ0n) is 13.5. The van der Waals surface area contributed by atoms with Gasteiger partial charge < -0.3 is 15.2 Å². The van der Waals surface area contributed by atoms with Gasteiger partial charge in [-0.15, -0.1) is 0 Å². The van der Waals surface area contributed by atoms with Gasteiger partial charge in [-0.05, 0) is 42.3 Å². The van der Waals surface area contributed by atoms with Gasteiger partial charge in [-0.1, -0.05) is 19.1 Å². The lowest BCUT2D eigenvalue weighted by atomic mass is 9.97. The van der Waals surface area contributed by atoms with Gasteiger partial charge in [0.05, 0.1) is 12.5 Å². The molecule has 5 nitrogen and oxygen atoms in total.